The highest BCUT2D eigenvalue weighted by atomic mass is 19.2. The molecule has 0 spiro atoms. The van der Waals surface area contributed by atoms with E-state index in [9.17, 15) is 13.6 Å². The van der Waals surface area contributed by atoms with Crippen LogP contribution < -0.4 is 5.32 Å². The average molecular weight is 355 g/mol. The number of aryl methyl sites for hydroxylation is 1. The third-order valence-corrected chi connectivity index (χ3v) is 4.12. The van der Waals surface area contributed by atoms with E-state index in [2.05, 4.69) is 10.4 Å². The molecular weight excluding hydrogens is 336 g/mol. The summed E-state index contributed by atoms with van der Waals surface area (Å²) < 4.78 is 28.0. The molecule has 1 amide bonds. The molecule has 2 aromatic carbocycles. The van der Waals surface area contributed by atoms with Gasteiger partial charge in [-0.05, 0) is 48.7 Å². The summed E-state index contributed by atoms with van der Waals surface area (Å²) >= 11 is 0. The number of halogens is 2. The minimum absolute atomic E-state index is 0.158. The van der Waals surface area contributed by atoms with Crippen molar-refractivity contribution in [3.63, 3.8) is 0 Å². The fourth-order valence-corrected chi connectivity index (χ4v) is 2.65. The monoisotopic (exact) mass is 355 g/mol. The van der Waals surface area contributed by atoms with E-state index in [1.54, 1.807) is 17.8 Å². The van der Waals surface area contributed by atoms with Crippen LogP contribution in [0.3, 0.4) is 0 Å². The Balaban J connectivity index is 1.54. The fourth-order valence-electron chi connectivity index (χ4n) is 2.65. The van der Waals surface area contributed by atoms with Gasteiger partial charge >= 0.3 is 0 Å². The van der Waals surface area contributed by atoms with Gasteiger partial charge in [0.1, 0.15) is 0 Å². The highest BCUT2D eigenvalue weighted by Gasteiger charge is 2.12. The lowest BCUT2D eigenvalue weighted by molar-refractivity contribution is -0.121. The van der Waals surface area contributed by atoms with Gasteiger partial charge in [-0.2, -0.15) is 5.10 Å². The second kappa shape index (κ2) is 7.91. The molecule has 3 aromatic rings. The average Bonchev–Trinajstić information content (AvgIpc) is 3.12. The molecule has 0 aliphatic heterocycles. The van der Waals surface area contributed by atoms with Crippen molar-refractivity contribution in [2.24, 2.45) is 0 Å². The van der Waals surface area contributed by atoms with Crippen LogP contribution in [0.1, 0.15) is 30.5 Å². The van der Waals surface area contributed by atoms with Gasteiger partial charge in [-0.3, -0.25) is 4.79 Å². The highest BCUT2D eigenvalue weighted by Crippen LogP contribution is 2.16. The maximum absolute atomic E-state index is 13.3. The second-order valence-corrected chi connectivity index (χ2v) is 6.09. The number of benzene rings is 2. The molecule has 0 radical (unpaired) electrons. The van der Waals surface area contributed by atoms with Gasteiger partial charge in [0.15, 0.2) is 11.6 Å². The molecule has 0 saturated carbocycles. The SMILES string of the molecule is C[C@@H](NC(=O)CCc1cnn(-c2ccccc2)c1)c1ccc(F)c(F)c1. The Morgan fingerprint density at radius 1 is 1.15 bits per heavy atom. The molecule has 0 fully saturated rings. The minimum atomic E-state index is -0.920. The molecule has 1 N–H and O–H groups in total. The van der Waals surface area contributed by atoms with Gasteiger partial charge in [0.25, 0.3) is 0 Å². The number of aromatic nitrogens is 2. The summed E-state index contributed by atoms with van der Waals surface area (Å²) in [5.41, 5.74) is 2.42. The van der Waals surface area contributed by atoms with E-state index in [0.717, 1.165) is 23.4 Å². The lowest BCUT2D eigenvalue weighted by Crippen LogP contribution is -2.26. The van der Waals surface area contributed by atoms with Crippen molar-refractivity contribution in [1.82, 2.24) is 15.1 Å². The molecule has 0 saturated heterocycles. The number of hydrogen-bond donors (Lipinski definition) is 1. The van der Waals surface area contributed by atoms with E-state index in [4.69, 9.17) is 0 Å². The Morgan fingerprint density at radius 3 is 2.65 bits per heavy atom. The zero-order valence-electron chi connectivity index (χ0n) is 14.3. The van der Waals surface area contributed by atoms with Crippen molar-refractivity contribution in [2.75, 3.05) is 0 Å². The molecule has 26 heavy (non-hydrogen) atoms. The van der Waals surface area contributed by atoms with Crippen molar-refractivity contribution in [3.05, 3.63) is 83.7 Å². The van der Waals surface area contributed by atoms with Crippen LogP contribution in [0.2, 0.25) is 0 Å². The summed E-state index contributed by atoms with van der Waals surface area (Å²) in [6.07, 6.45) is 4.46. The third-order valence-electron chi connectivity index (χ3n) is 4.12. The lowest BCUT2D eigenvalue weighted by atomic mass is 10.1. The number of carbonyl (C=O) groups excluding carboxylic acids is 1. The van der Waals surface area contributed by atoms with Crippen LogP contribution in [0.15, 0.2) is 60.9 Å². The quantitative estimate of drug-likeness (QED) is 0.727. The Bertz CT molecular complexity index is 893. The molecule has 0 unspecified atom stereocenters. The molecule has 0 aliphatic rings. The molecule has 3 rings (SSSR count). The van der Waals surface area contributed by atoms with Crippen LogP contribution in [-0.4, -0.2) is 15.7 Å². The molecule has 6 heteroatoms. The Hall–Kier alpha value is -3.02. The zero-order valence-corrected chi connectivity index (χ0v) is 14.3. The fraction of sp³-hybridized carbons (Fsp3) is 0.200. The Kier molecular flexibility index (Phi) is 5.41. The largest absolute Gasteiger partial charge is 0.350 e. The third kappa shape index (κ3) is 4.33. The van der Waals surface area contributed by atoms with Crippen molar-refractivity contribution in [3.8, 4) is 5.69 Å². The summed E-state index contributed by atoms with van der Waals surface area (Å²) in [4.78, 5) is 12.1. The van der Waals surface area contributed by atoms with Gasteiger partial charge in [-0.15, -0.1) is 0 Å². The first-order valence-corrected chi connectivity index (χ1v) is 8.36. The summed E-state index contributed by atoms with van der Waals surface area (Å²) in [6, 6.07) is 12.9. The summed E-state index contributed by atoms with van der Waals surface area (Å²) in [7, 11) is 0. The number of amides is 1. The maximum Gasteiger partial charge on any atom is 0.220 e. The second-order valence-electron chi connectivity index (χ2n) is 6.09. The van der Waals surface area contributed by atoms with Gasteiger partial charge in [0, 0.05) is 12.6 Å². The van der Waals surface area contributed by atoms with Crippen molar-refractivity contribution in [2.45, 2.75) is 25.8 Å². The highest BCUT2D eigenvalue weighted by molar-refractivity contribution is 5.76. The molecule has 1 aromatic heterocycles. The zero-order chi connectivity index (χ0) is 18.5. The first kappa shape index (κ1) is 17.8. The molecular formula is C20H19F2N3O. The Morgan fingerprint density at radius 2 is 1.92 bits per heavy atom. The molecule has 4 nitrogen and oxygen atoms in total. The Labute approximate surface area is 150 Å². The van der Waals surface area contributed by atoms with E-state index in [1.807, 2.05) is 36.5 Å². The summed E-state index contributed by atoms with van der Waals surface area (Å²) in [5, 5.41) is 7.09. The molecule has 1 atom stereocenters. The van der Waals surface area contributed by atoms with Crippen LogP contribution >= 0.6 is 0 Å². The van der Waals surface area contributed by atoms with Gasteiger partial charge < -0.3 is 5.32 Å². The predicted molar refractivity (Wildman–Crippen MR) is 94.8 cm³/mol. The number of carbonyl (C=O) groups is 1. The van der Waals surface area contributed by atoms with E-state index < -0.39 is 17.7 Å². The van der Waals surface area contributed by atoms with Gasteiger partial charge in [-0.25, -0.2) is 13.5 Å². The van der Waals surface area contributed by atoms with Crippen LogP contribution in [-0.2, 0) is 11.2 Å². The van der Waals surface area contributed by atoms with E-state index in [-0.39, 0.29) is 12.3 Å². The van der Waals surface area contributed by atoms with Crippen molar-refractivity contribution >= 4 is 5.91 Å². The molecule has 0 aliphatic carbocycles. The smallest absolute Gasteiger partial charge is 0.220 e. The standard InChI is InChI=1S/C20H19F2N3O/c1-14(16-8-9-18(21)19(22)11-16)24-20(26)10-7-15-12-23-25(13-15)17-5-3-2-4-6-17/h2-6,8-9,11-14H,7,10H2,1H3,(H,24,26)/t14-/m1/s1. The number of nitrogens with one attached hydrogen (secondary N) is 1. The van der Waals surface area contributed by atoms with Crippen LogP contribution in [0.25, 0.3) is 5.69 Å². The van der Waals surface area contributed by atoms with Gasteiger partial charge in [0.2, 0.25) is 5.91 Å². The predicted octanol–water partition coefficient (Wildman–Crippen LogP) is 3.96. The number of rotatable bonds is 6. The van der Waals surface area contributed by atoms with E-state index >= 15 is 0 Å². The van der Waals surface area contributed by atoms with E-state index in [0.29, 0.717) is 12.0 Å². The number of hydrogen-bond acceptors (Lipinski definition) is 2. The van der Waals surface area contributed by atoms with Gasteiger partial charge in [-0.1, -0.05) is 24.3 Å². The summed E-state index contributed by atoms with van der Waals surface area (Å²) in [5.74, 6) is -1.98. The van der Waals surface area contributed by atoms with Gasteiger partial charge in [0.05, 0.1) is 17.9 Å². The normalized spacial score (nSPS) is 12.0. The van der Waals surface area contributed by atoms with Crippen molar-refractivity contribution in [1.29, 1.82) is 0 Å². The van der Waals surface area contributed by atoms with Crippen LogP contribution in [0, 0.1) is 11.6 Å². The van der Waals surface area contributed by atoms with Crippen LogP contribution in [0.5, 0.6) is 0 Å². The maximum atomic E-state index is 13.3. The topological polar surface area (TPSA) is 46.9 Å². The molecule has 1 heterocycles. The van der Waals surface area contributed by atoms with Crippen LogP contribution in [0.4, 0.5) is 8.78 Å². The van der Waals surface area contributed by atoms with E-state index in [1.165, 1.54) is 6.07 Å². The molecule has 134 valence electrons. The lowest BCUT2D eigenvalue weighted by Gasteiger charge is -2.14. The first-order chi connectivity index (χ1) is 12.5. The number of nitrogens with zero attached hydrogens (tertiary/aromatic N) is 2. The molecule has 0 bridgehead atoms. The minimum Gasteiger partial charge on any atom is -0.350 e. The first-order valence-electron chi connectivity index (χ1n) is 8.36. The number of para-hydroxylation sites is 1. The summed E-state index contributed by atoms with van der Waals surface area (Å²) in [6.45, 7) is 1.73. The van der Waals surface area contributed by atoms with Crippen molar-refractivity contribution < 1.29 is 13.6 Å².